The second-order valence-electron chi connectivity index (χ2n) is 11.6. The van der Waals surface area contributed by atoms with E-state index in [2.05, 4.69) is 55.4 Å². The number of esters is 1. The van der Waals surface area contributed by atoms with E-state index in [0.717, 1.165) is 32.0 Å². The van der Waals surface area contributed by atoms with E-state index in [4.69, 9.17) is 10.5 Å². The van der Waals surface area contributed by atoms with Gasteiger partial charge in [0, 0.05) is 5.92 Å². The van der Waals surface area contributed by atoms with Crippen LogP contribution in [0.2, 0.25) is 0 Å². The van der Waals surface area contributed by atoms with Gasteiger partial charge in [-0.25, -0.2) is 0 Å². The first-order chi connectivity index (χ1) is 12.1. The summed E-state index contributed by atoms with van der Waals surface area (Å²) in [6.07, 6.45) is 4.96. The molecule has 0 aromatic heterocycles. The quantitative estimate of drug-likeness (QED) is 0.342. The van der Waals surface area contributed by atoms with Crippen molar-refractivity contribution in [3.8, 4) is 0 Å². The summed E-state index contributed by atoms with van der Waals surface area (Å²) in [4.78, 5) is 23.6. The lowest BCUT2D eigenvalue weighted by atomic mass is 9.69. The molecule has 2 N–H and O–H groups in total. The molecule has 0 amide bonds. The van der Waals surface area contributed by atoms with Gasteiger partial charge in [-0.1, -0.05) is 62.3 Å². The fourth-order valence-corrected chi connectivity index (χ4v) is 4.56. The molecule has 1 unspecified atom stereocenters. The zero-order chi connectivity index (χ0) is 21.5. The van der Waals surface area contributed by atoms with Gasteiger partial charge in [0.05, 0.1) is 13.0 Å². The highest BCUT2D eigenvalue weighted by molar-refractivity contribution is 5.70. The van der Waals surface area contributed by atoms with Gasteiger partial charge in [0.2, 0.25) is 0 Å². The molecule has 0 aromatic carbocycles. The molecule has 27 heavy (non-hydrogen) atoms. The highest BCUT2D eigenvalue weighted by Gasteiger charge is 2.34. The molecule has 160 valence electrons. The molecule has 0 saturated heterocycles. The highest BCUT2D eigenvalue weighted by Crippen LogP contribution is 2.41. The minimum Gasteiger partial charge on any atom is -0.465 e. The third-order valence-corrected chi connectivity index (χ3v) is 5.25. The predicted molar refractivity (Wildman–Crippen MR) is 113 cm³/mol. The van der Waals surface area contributed by atoms with Crippen molar-refractivity contribution in [2.24, 2.45) is 33.3 Å². The van der Waals surface area contributed by atoms with Crippen molar-refractivity contribution in [1.29, 1.82) is 0 Å². The van der Waals surface area contributed by atoms with E-state index in [0.29, 0.717) is 19.6 Å². The molecule has 0 rings (SSSR count). The molecule has 0 aliphatic rings. The van der Waals surface area contributed by atoms with Crippen molar-refractivity contribution >= 4 is 12.3 Å². The van der Waals surface area contributed by atoms with Crippen LogP contribution in [0, 0.1) is 27.6 Å². The minimum absolute atomic E-state index is 0.00971. The number of ether oxygens (including phenoxy) is 1. The van der Waals surface area contributed by atoms with Gasteiger partial charge in [-0.15, -0.1) is 0 Å². The summed E-state index contributed by atoms with van der Waals surface area (Å²) in [7, 11) is 0. The molecule has 4 heteroatoms. The monoisotopic (exact) mass is 383 g/mol. The Bertz CT molecular complexity index is 478. The van der Waals surface area contributed by atoms with Crippen molar-refractivity contribution in [3.63, 3.8) is 0 Å². The Hall–Kier alpha value is -0.900. The molecular formula is C23H45NO3. The fraction of sp³-hybridized carbons (Fsp3) is 0.913. The van der Waals surface area contributed by atoms with Crippen molar-refractivity contribution in [2.75, 3.05) is 13.2 Å². The molecular weight excluding hydrogens is 338 g/mol. The smallest absolute Gasteiger partial charge is 0.306 e. The Morgan fingerprint density at radius 2 is 1.44 bits per heavy atom. The first-order valence-corrected chi connectivity index (χ1v) is 10.4. The molecule has 0 radical (unpaired) electrons. The van der Waals surface area contributed by atoms with Gasteiger partial charge in [-0.3, -0.25) is 4.79 Å². The number of hydrogen-bond acceptors (Lipinski definition) is 4. The second kappa shape index (κ2) is 10.0. The zero-order valence-corrected chi connectivity index (χ0v) is 19.4. The van der Waals surface area contributed by atoms with Crippen LogP contribution < -0.4 is 5.73 Å². The molecule has 1 atom stereocenters. The first kappa shape index (κ1) is 26.1. The van der Waals surface area contributed by atoms with Gasteiger partial charge in [-0.05, 0) is 53.9 Å². The predicted octanol–water partition coefficient (Wildman–Crippen LogP) is 5.38. The van der Waals surface area contributed by atoms with E-state index >= 15 is 0 Å². The van der Waals surface area contributed by atoms with Crippen LogP contribution in [0.25, 0.3) is 0 Å². The summed E-state index contributed by atoms with van der Waals surface area (Å²) in [6, 6.07) is 0. The largest absolute Gasteiger partial charge is 0.465 e. The number of rotatable bonds is 13. The third kappa shape index (κ3) is 11.5. The average molecular weight is 384 g/mol. The number of carbonyl (C=O) groups is 2. The van der Waals surface area contributed by atoms with Crippen LogP contribution in [0.15, 0.2) is 0 Å². The second-order valence-corrected chi connectivity index (χ2v) is 11.6. The summed E-state index contributed by atoms with van der Waals surface area (Å²) in [5.74, 6) is -0.0497. The van der Waals surface area contributed by atoms with Gasteiger partial charge in [0.15, 0.2) is 0 Å². The number of carbonyl (C=O) groups excluding carboxylic acids is 2. The van der Waals surface area contributed by atoms with Crippen LogP contribution in [-0.4, -0.2) is 25.4 Å². The first-order valence-electron chi connectivity index (χ1n) is 10.4. The van der Waals surface area contributed by atoms with Gasteiger partial charge in [-0.2, -0.15) is 0 Å². The lowest BCUT2D eigenvalue weighted by Crippen LogP contribution is -2.34. The maximum absolute atomic E-state index is 12.5. The zero-order valence-electron chi connectivity index (χ0n) is 19.4. The van der Waals surface area contributed by atoms with Crippen LogP contribution in [-0.2, 0) is 14.3 Å². The normalized spacial score (nSPS) is 14.7. The van der Waals surface area contributed by atoms with Crippen LogP contribution in [0.1, 0.15) is 94.4 Å². The Morgan fingerprint density at radius 1 is 0.926 bits per heavy atom. The van der Waals surface area contributed by atoms with Gasteiger partial charge in [0.1, 0.15) is 6.29 Å². The lowest BCUT2D eigenvalue weighted by molar-refractivity contribution is -0.150. The maximum Gasteiger partial charge on any atom is 0.306 e. The lowest BCUT2D eigenvalue weighted by Gasteiger charge is -2.36. The number of nitrogens with two attached hydrogens (primary N) is 1. The van der Waals surface area contributed by atoms with E-state index in [1.807, 2.05) is 6.92 Å². The Labute approximate surface area is 168 Å². The van der Waals surface area contributed by atoms with Crippen molar-refractivity contribution in [1.82, 2.24) is 0 Å². The molecule has 0 spiro atoms. The maximum atomic E-state index is 12.5. The molecule has 0 bridgehead atoms. The fourth-order valence-electron chi connectivity index (χ4n) is 4.56. The standard InChI is InChI=1S/C23H45NO3/c1-10-18(13-25)11-20(2,3)14-21(4,5)12-19(26)27-17-23(8,9)15-22(6,7)16-24/h13,18H,10-12,14-17,24H2,1-9H3. The van der Waals surface area contributed by atoms with E-state index in [9.17, 15) is 9.59 Å². The van der Waals surface area contributed by atoms with Gasteiger partial charge in [0.25, 0.3) is 0 Å². The molecule has 0 heterocycles. The van der Waals surface area contributed by atoms with Crippen LogP contribution in [0.4, 0.5) is 0 Å². The van der Waals surface area contributed by atoms with Crippen LogP contribution in [0.3, 0.4) is 0 Å². The van der Waals surface area contributed by atoms with Gasteiger partial charge < -0.3 is 15.3 Å². The summed E-state index contributed by atoms with van der Waals surface area (Å²) in [5.41, 5.74) is 5.62. The molecule has 0 aliphatic carbocycles. The van der Waals surface area contributed by atoms with Crippen molar-refractivity contribution < 1.29 is 14.3 Å². The van der Waals surface area contributed by atoms with E-state index in [1.54, 1.807) is 0 Å². The third-order valence-electron chi connectivity index (χ3n) is 5.25. The number of hydrogen-bond donors (Lipinski definition) is 1. The summed E-state index contributed by atoms with van der Waals surface area (Å²) >= 11 is 0. The molecule has 4 nitrogen and oxygen atoms in total. The molecule has 0 aromatic rings. The summed E-state index contributed by atoms with van der Waals surface area (Å²) in [6.45, 7) is 20.2. The van der Waals surface area contributed by atoms with Crippen LogP contribution in [0.5, 0.6) is 0 Å². The Balaban J connectivity index is 4.68. The van der Waals surface area contributed by atoms with E-state index < -0.39 is 0 Å². The molecule has 0 aliphatic heterocycles. The number of aldehydes is 1. The topological polar surface area (TPSA) is 69.4 Å². The van der Waals surface area contributed by atoms with Crippen molar-refractivity contribution in [2.45, 2.75) is 94.4 Å². The summed E-state index contributed by atoms with van der Waals surface area (Å²) < 4.78 is 5.64. The van der Waals surface area contributed by atoms with Gasteiger partial charge >= 0.3 is 5.97 Å². The highest BCUT2D eigenvalue weighted by atomic mass is 16.5. The average Bonchev–Trinajstić information content (AvgIpc) is 2.48. The Morgan fingerprint density at radius 3 is 1.89 bits per heavy atom. The minimum atomic E-state index is -0.164. The SMILES string of the molecule is CCC(C=O)CC(C)(C)CC(C)(C)CC(=O)OCC(C)(C)CC(C)(C)CN. The molecule has 0 fully saturated rings. The van der Waals surface area contributed by atoms with Crippen LogP contribution >= 0.6 is 0 Å². The van der Waals surface area contributed by atoms with E-state index in [1.165, 1.54) is 0 Å². The summed E-state index contributed by atoms with van der Waals surface area (Å²) in [5, 5.41) is 0. The van der Waals surface area contributed by atoms with Crippen molar-refractivity contribution in [3.05, 3.63) is 0 Å². The molecule has 0 saturated carbocycles. The Kier molecular flexibility index (Phi) is 9.71. The van der Waals surface area contributed by atoms with E-state index in [-0.39, 0.29) is 33.5 Å².